The topological polar surface area (TPSA) is 55.6 Å². The lowest BCUT2D eigenvalue weighted by Gasteiger charge is -2.07. The van der Waals surface area contributed by atoms with Crippen LogP contribution in [0.2, 0.25) is 0 Å². The predicted molar refractivity (Wildman–Crippen MR) is 111 cm³/mol. The molecule has 0 radical (unpaired) electrons. The molecule has 5 rings (SSSR count). The van der Waals surface area contributed by atoms with Gasteiger partial charge in [-0.15, -0.1) is 0 Å². The predicted octanol–water partition coefficient (Wildman–Crippen LogP) is 5.53. The molecule has 3 heterocycles. The average Bonchev–Trinajstić information content (AvgIpc) is 3.22. The number of pyridine rings is 1. The number of fused-ring (bicyclic) bond motifs is 2. The van der Waals surface area contributed by atoms with E-state index in [1.54, 1.807) is 6.07 Å². The summed E-state index contributed by atoms with van der Waals surface area (Å²) in [6.07, 6.45) is 0. The number of rotatable bonds is 3. The van der Waals surface area contributed by atoms with Crippen molar-refractivity contribution in [2.45, 2.75) is 13.8 Å². The summed E-state index contributed by atoms with van der Waals surface area (Å²) in [6.45, 7) is 4.04. The normalized spacial score (nSPS) is 11.4. The van der Waals surface area contributed by atoms with Gasteiger partial charge in [0.25, 0.3) is 0 Å². The molecule has 138 valence electrons. The Hall–Kier alpha value is -3.32. The van der Waals surface area contributed by atoms with Crippen LogP contribution in [-0.4, -0.2) is 19.7 Å². The average molecular weight is 389 g/mol. The van der Waals surface area contributed by atoms with E-state index in [1.807, 2.05) is 54.9 Å². The van der Waals surface area contributed by atoms with Crippen LogP contribution in [0.15, 0.2) is 54.6 Å². The molecular weight excluding hydrogens is 373 g/mol. The van der Waals surface area contributed by atoms with E-state index >= 15 is 0 Å². The van der Waals surface area contributed by atoms with Gasteiger partial charge in [-0.2, -0.15) is 5.10 Å². The minimum atomic E-state index is -0.264. The Labute approximate surface area is 164 Å². The zero-order chi connectivity index (χ0) is 19.3. The van der Waals surface area contributed by atoms with Crippen LogP contribution in [0.25, 0.3) is 26.9 Å². The van der Waals surface area contributed by atoms with Gasteiger partial charge in [0.15, 0.2) is 10.8 Å². The first kappa shape index (κ1) is 16.8. The molecule has 7 heteroatoms. The molecule has 5 aromatic rings. The molecule has 0 aliphatic carbocycles. The van der Waals surface area contributed by atoms with Crippen LogP contribution < -0.4 is 5.32 Å². The first-order valence-electron chi connectivity index (χ1n) is 8.84. The number of anilines is 2. The number of halogens is 1. The van der Waals surface area contributed by atoms with Gasteiger partial charge < -0.3 is 5.32 Å². The number of nitrogens with zero attached hydrogens (tertiary/aromatic N) is 4. The van der Waals surface area contributed by atoms with E-state index in [-0.39, 0.29) is 5.82 Å². The van der Waals surface area contributed by atoms with Gasteiger partial charge in [-0.1, -0.05) is 29.5 Å². The molecule has 0 spiro atoms. The lowest BCUT2D eigenvalue weighted by atomic mass is 10.1. The Balaban J connectivity index is 1.61. The molecule has 0 saturated heterocycles. The molecule has 1 N–H and O–H groups in total. The molecule has 0 amide bonds. The van der Waals surface area contributed by atoms with Gasteiger partial charge in [-0.3, -0.25) is 0 Å². The third kappa shape index (κ3) is 2.80. The Kier molecular flexibility index (Phi) is 3.84. The Morgan fingerprint density at radius 1 is 1.00 bits per heavy atom. The quantitative estimate of drug-likeness (QED) is 0.441. The number of thiazole rings is 1. The highest BCUT2D eigenvalue weighted by Crippen LogP contribution is 2.31. The molecule has 0 aliphatic rings. The maximum Gasteiger partial charge on any atom is 0.189 e. The summed E-state index contributed by atoms with van der Waals surface area (Å²) in [4.78, 5) is 9.32. The molecule has 28 heavy (non-hydrogen) atoms. The van der Waals surface area contributed by atoms with E-state index in [2.05, 4.69) is 15.4 Å². The number of para-hydroxylation sites is 1. The molecule has 0 bridgehead atoms. The van der Waals surface area contributed by atoms with Crippen LogP contribution in [0.3, 0.4) is 0 Å². The SMILES string of the molecule is Cc1cc(Nc2nc3ccc(F)cc3s2)nc2c1c(C)nn2-c1ccccc1. The fourth-order valence-electron chi connectivity index (χ4n) is 3.38. The van der Waals surface area contributed by atoms with Gasteiger partial charge in [0.05, 0.1) is 21.6 Å². The molecule has 3 aromatic heterocycles. The van der Waals surface area contributed by atoms with Gasteiger partial charge in [-0.05, 0) is 55.8 Å². The molecule has 2 aromatic carbocycles. The monoisotopic (exact) mass is 389 g/mol. The number of aryl methyl sites for hydroxylation is 2. The molecule has 0 fully saturated rings. The summed E-state index contributed by atoms with van der Waals surface area (Å²) < 4.78 is 16.1. The summed E-state index contributed by atoms with van der Waals surface area (Å²) in [5.41, 5.74) is 4.53. The molecule has 0 saturated carbocycles. The van der Waals surface area contributed by atoms with E-state index in [0.29, 0.717) is 10.9 Å². The van der Waals surface area contributed by atoms with Crippen molar-refractivity contribution in [3.05, 3.63) is 71.7 Å². The lowest BCUT2D eigenvalue weighted by molar-refractivity contribution is 0.630. The number of hydrogen-bond acceptors (Lipinski definition) is 5. The second-order valence-corrected chi connectivity index (χ2v) is 7.64. The number of hydrogen-bond donors (Lipinski definition) is 1. The fourth-order valence-corrected chi connectivity index (χ4v) is 4.28. The highest BCUT2D eigenvalue weighted by molar-refractivity contribution is 7.22. The van der Waals surface area contributed by atoms with E-state index in [1.165, 1.54) is 23.5 Å². The van der Waals surface area contributed by atoms with Crippen molar-refractivity contribution in [1.29, 1.82) is 0 Å². The maximum absolute atomic E-state index is 13.4. The van der Waals surface area contributed by atoms with Crippen LogP contribution >= 0.6 is 11.3 Å². The summed E-state index contributed by atoms with van der Waals surface area (Å²) in [5.74, 6) is 0.418. The van der Waals surface area contributed by atoms with Crippen molar-refractivity contribution >= 4 is 43.5 Å². The van der Waals surface area contributed by atoms with Crippen LogP contribution in [-0.2, 0) is 0 Å². The summed E-state index contributed by atoms with van der Waals surface area (Å²) in [7, 11) is 0. The van der Waals surface area contributed by atoms with Crippen molar-refractivity contribution in [2.24, 2.45) is 0 Å². The smallest absolute Gasteiger partial charge is 0.189 e. The molecular formula is C21H16FN5S. The molecule has 0 aliphatic heterocycles. The fraction of sp³-hybridized carbons (Fsp3) is 0.0952. The van der Waals surface area contributed by atoms with Crippen molar-refractivity contribution < 1.29 is 4.39 Å². The lowest BCUT2D eigenvalue weighted by Crippen LogP contribution is -2.00. The number of aromatic nitrogens is 4. The maximum atomic E-state index is 13.4. The Morgan fingerprint density at radius 2 is 1.82 bits per heavy atom. The van der Waals surface area contributed by atoms with Crippen molar-refractivity contribution in [3.8, 4) is 5.69 Å². The zero-order valence-corrected chi connectivity index (χ0v) is 16.1. The second kappa shape index (κ2) is 6.38. The minimum absolute atomic E-state index is 0.264. The summed E-state index contributed by atoms with van der Waals surface area (Å²) in [5, 5.41) is 9.67. The number of nitrogens with one attached hydrogen (secondary N) is 1. The third-order valence-corrected chi connectivity index (χ3v) is 5.53. The largest absolute Gasteiger partial charge is 0.316 e. The van der Waals surface area contributed by atoms with Crippen LogP contribution in [0.4, 0.5) is 15.3 Å². The van der Waals surface area contributed by atoms with Crippen LogP contribution in [0.5, 0.6) is 0 Å². The minimum Gasteiger partial charge on any atom is -0.316 e. The molecule has 0 atom stereocenters. The van der Waals surface area contributed by atoms with Crippen molar-refractivity contribution in [2.75, 3.05) is 5.32 Å². The zero-order valence-electron chi connectivity index (χ0n) is 15.3. The van der Waals surface area contributed by atoms with Crippen LogP contribution in [0.1, 0.15) is 11.3 Å². The standard InChI is InChI=1S/C21H16FN5S/c1-12-10-18(25-21-23-16-9-8-14(22)11-17(16)28-21)24-20-19(12)13(2)26-27(20)15-6-4-3-5-7-15/h3-11H,1-2H3,(H,23,24,25). The van der Waals surface area contributed by atoms with Gasteiger partial charge in [0.1, 0.15) is 11.6 Å². The van der Waals surface area contributed by atoms with Gasteiger partial charge in [0, 0.05) is 5.39 Å². The van der Waals surface area contributed by atoms with Gasteiger partial charge >= 0.3 is 0 Å². The first-order valence-corrected chi connectivity index (χ1v) is 9.66. The highest BCUT2D eigenvalue weighted by Gasteiger charge is 2.15. The molecule has 5 nitrogen and oxygen atoms in total. The van der Waals surface area contributed by atoms with Crippen molar-refractivity contribution in [3.63, 3.8) is 0 Å². The van der Waals surface area contributed by atoms with Crippen molar-refractivity contribution in [1.82, 2.24) is 19.7 Å². The van der Waals surface area contributed by atoms with E-state index in [4.69, 9.17) is 4.98 Å². The van der Waals surface area contributed by atoms with E-state index < -0.39 is 0 Å². The Morgan fingerprint density at radius 3 is 2.64 bits per heavy atom. The van der Waals surface area contributed by atoms with E-state index in [9.17, 15) is 4.39 Å². The van der Waals surface area contributed by atoms with Crippen LogP contribution in [0, 0.1) is 19.7 Å². The third-order valence-electron chi connectivity index (χ3n) is 4.60. The second-order valence-electron chi connectivity index (χ2n) is 6.61. The highest BCUT2D eigenvalue weighted by atomic mass is 32.1. The number of benzene rings is 2. The Bertz CT molecular complexity index is 1320. The first-order chi connectivity index (χ1) is 13.6. The summed E-state index contributed by atoms with van der Waals surface area (Å²) in [6, 6.07) is 16.5. The van der Waals surface area contributed by atoms with Gasteiger partial charge in [-0.25, -0.2) is 19.0 Å². The molecule has 0 unspecified atom stereocenters. The van der Waals surface area contributed by atoms with Gasteiger partial charge in [0.2, 0.25) is 0 Å². The van der Waals surface area contributed by atoms with E-state index in [0.717, 1.165) is 38.2 Å². The summed E-state index contributed by atoms with van der Waals surface area (Å²) >= 11 is 1.40.